The normalized spacial score (nSPS) is 12.6. The zero-order valence-corrected chi connectivity index (χ0v) is 12.9. The molecular formula is C17H30N2. The maximum absolute atomic E-state index is 4.49. The van der Waals surface area contributed by atoms with E-state index in [9.17, 15) is 0 Å². The monoisotopic (exact) mass is 262 g/mol. The number of aryl methyl sites for hydroxylation is 1. The third kappa shape index (κ3) is 7.31. The lowest BCUT2D eigenvalue weighted by molar-refractivity contribution is 0.476. The number of likely N-dealkylation sites (N-methyl/N-ethyl adjacent to an activating group) is 1. The molecule has 0 fully saturated rings. The summed E-state index contributed by atoms with van der Waals surface area (Å²) in [6.07, 6.45) is 12.5. The van der Waals surface area contributed by atoms with Gasteiger partial charge in [-0.3, -0.25) is 4.98 Å². The van der Waals surface area contributed by atoms with Crippen molar-refractivity contribution in [2.75, 3.05) is 7.05 Å². The van der Waals surface area contributed by atoms with Gasteiger partial charge in [-0.1, -0.05) is 51.5 Å². The van der Waals surface area contributed by atoms with E-state index in [1.807, 2.05) is 6.20 Å². The van der Waals surface area contributed by atoms with Crippen LogP contribution in [0.2, 0.25) is 0 Å². The number of aromatic nitrogens is 1. The average Bonchev–Trinajstić information content (AvgIpc) is 2.43. The molecule has 0 bridgehead atoms. The van der Waals surface area contributed by atoms with Crippen LogP contribution in [0.1, 0.15) is 63.1 Å². The van der Waals surface area contributed by atoms with Crippen molar-refractivity contribution in [3.8, 4) is 0 Å². The fraction of sp³-hybridized carbons (Fsp3) is 0.706. The highest BCUT2D eigenvalue weighted by Crippen LogP contribution is 2.11. The fourth-order valence-corrected chi connectivity index (χ4v) is 2.39. The van der Waals surface area contributed by atoms with E-state index in [-0.39, 0.29) is 0 Å². The smallest absolute Gasteiger partial charge is 0.0419 e. The van der Waals surface area contributed by atoms with Gasteiger partial charge in [0.2, 0.25) is 0 Å². The van der Waals surface area contributed by atoms with Crippen LogP contribution in [0.4, 0.5) is 0 Å². The predicted molar refractivity (Wildman–Crippen MR) is 83.5 cm³/mol. The van der Waals surface area contributed by atoms with Gasteiger partial charge in [0, 0.05) is 24.4 Å². The summed E-state index contributed by atoms with van der Waals surface area (Å²) in [5.41, 5.74) is 2.44. The lowest BCUT2D eigenvalue weighted by Gasteiger charge is -2.15. The Balaban J connectivity index is 2.20. The molecule has 1 aromatic heterocycles. The lowest BCUT2D eigenvalue weighted by Crippen LogP contribution is -2.27. The van der Waals surface area contributed by atoms with Crippen molar-refractivity contribution in [1.82, 2.24) is 10.3 Å². The van der Waals surface area contributed by atoms with Crippen molar-refractivity contribution in [3.05, 3.63) is 29.6 Å². The van der Waals surface area contributed by atoms with Gasteiger partial charge in [-0.15, -0.1) is 0 Å². The summed E-state index contributed by atoms with van der Waals surface area (Å²) in [6, 6.07) is 4.88. The molecule has 0 saturated carbocycles. The number of pyridine rings is 1. The molecule has 19 heavy (non-hydrogen) atoms. The van der Waals surface area contributed by atoms with Gasteiger partial charge in [0.05, 0.1) is 0 Å². The minimum absolute atomic E-state index is 0.571. The van der Waals surface area contributed by atoms with E-state index >= 15 is 0 Å². The Morgan fingerprint density at radius 3 is 2.47 bits per heavy atom. The van der Waals surface area contributed by atoms with Crippen molar-refractivity contribution in [2.45, 2.75) is 71.3 Å². The Labute approximate surface area is 119 Å². The zero-order valence-electron chi connectivity index (χ0n) is 12.9. The first-order valence-electron chi connectivity index (χ1n) is 7.85. The molecule has 0 spiro atoms. The van der Waals surface area contributed by atoms with Crippen LogP contribution in [0, 0.1) is 6.92 Å². The van der Waals surface area contributed by atoms with E-state index < -0.39 is 0 Å². The number of hydrogen-bond acceptors (Lipinski definition) is 2. The summed E-state index contributed by atoms with van der Waals surface area (Å²) in [7, 11) is 2.07. The maximum atomic E-state index is 4.49. The molecule has 1 aromatic rings. The second-order valence-electron chi connectivity index (χ2n) is 5.57. The van der Waals surface area contributed by atoms with Crippen LogP contribution in [-0.2, 0) is 6.42 Å². The Kier molecular flexibility index (Phi) is 8.48. The highest BCUT2D eigenvalue weighted by Gasteiger charge is 2.07. The molecular weight excluding hydrogens is 232 g/mol. The van der Waals surface area contributed by atoms with Crippen LogP contribution in [0.3, 0.4) is 0 Å². The van der Waals surface area contributed by atoms with Crippen LogP contribution >= 0.6 is 0 Å². The first-order valence-corrected chi connectivity index (χ1v) is 7.85. The number of nitrogens with one attached hydrogen (secondary N) is 1. The van der Waals surface area contributed by atoms with Crippen molar-refractivity contribution in [1.29, 1.82) is 0 Å². The van der Waals surface area contributed by atoms with Crippen molar-refractivity contribution >= 4 is 0 Å². The summed E-state index contributed by atoms with van der Waals surface area (Å²) in [5, 5.41) is 3.43. The number of unbranched alkanes of at least 4 members (excludes halogenated alkanes) is 5. The summed E-state index contributed by atoms with van der Waals surface area (Å²) in [5.74, 6) is 0. The number of hydrogen-bond donors (Lipinski definition) is 1. The summed E-state index contributed by atoms with van der Waals surface area (Å²) in [4.78, 5) is 4.49. The molecule has 0 saturated heterocycles. The van der Waals surface area contributed by atoms with Crippen LogP contribution < -0.4 is 5.32 Å². The Hall–Kier alpha value is -0.890. The minimum atomic E-state index is 0.571. The first-order chi connectivity index (χ1) is 9.26. The van der Waals surface area contributed by atoms with E-state index in [2.05, 4.69) is 43.3 Å². The van der Waals surface area contributed by atoms with Gasteiger partial charge in [0.25, 0.3) is 0 Å². The minimum Gasteiger partial charge on any atom is -0.317 e. The largest absolute Gasteiger partial charge is 0.317 e. The van der Waals surface area contributed by atoms with E-state index in [4.69, 9.17) is 0 Å². The molecule has 0 aliphatic rings. The lowest BCUT2D eigenvalue weighted by atomic mass is 10.0. The second kappa shape index (κ2) is 9.96. The Morgan fingerprint density at radius 2 is 1.84 bits per heavy atom. The highest BCUT2D eigenvalue weighted by atomic mass is 14.9. The van der Waals surface area contributed by atoms with Crippen molar-refractivity contribution < 1.29 is 0 Å². The van der Waals surface area contributed by atoms with Gasteiger partial charge in [0.15, 0.2) is 0 Å². The van der Waals surface area contributed by atoms with Crippen molar-refractivity contribution in [3.63, 3.8) is 0 Å². The summed E-state index contributed by atoms with van der Waals surface area (Å²) in [6.45, 7) is 4.36. The molecule has 0 aromatic carbocycles. The molecule has 0 radical (unpaired) electrons. The molecule has 1 heterocycles. The van der Waals surface area contributed by atoms with Crippen LogP contribution in [0.15, 0.2) is 18.3 Å². The molecule has 0 aliphatic heterocycles. The molecule has 108 valence electrons. The van der Waals surface area contributed by atoms with E-state index in [1.165, 1.54) is 56.2 Å². The van der Waals surface area contributed by atoms with Crippen LogP contribution in [0.25, 0.3) is 0 Å². The summed E-state index contributed by atoms with van der Waals surface area (Å²) >= 11 is 0. The molecule has 1 unspecified atom stereocenters. The molecule has 2 nitrogen and oxygen atoms in total. The standard InChI is InChI=1S/C17H30N2/c1-4-5-6-7-8-9-10-16(18-3)13-17-12-11-15(2)14-19-17/h11-12,14,16,18H,4-10,13H2,1-3H3. The zero-order chi connectivity index (χ0) is 13.9. The van der Waals surface area contributed by atoms with Gasteiger partial charge in [-0.2, -0.15) is 0 Å². The Bertz CT molecular complexity index is 319. The van der Waals surface area contributed by atoms with Gasteiger partial charge in [0.1, 0.15) is 0 Å². The number of nitrogens with zero attached hydrogens (tertiary/aromatic N) is 1. The van der Waals surface area contributed by atoms with E-state index in [0.717, 1.165) is 6.42 Å². The number of rotatable bonds is 10. The van der Waals surface area contributed by atoms with Gasteiger partial charge >= 0.3 is 0 Å². The van der Waals surface area contributed by atoms with Crippen LogP contribution in [0.5, 0.6) is 0 Å². The van der Waals surface area contributed by atoms with Gasteiger partial charge in [-0.05, 0) is 32.0 Å². The quantitative estimate of drug-likeness (QED) is 0.637. The third-order valence-electron chi connectivity index (χ3n) is 3.74. The van der Waals surface area contributed by atoms with Gasteiger partial charge < -0.3 is 5.32 Å². The molecule has 0 amide bonds. The third-order valence-corrected chi connectivity index (χ3v) is 3.74. The second-order valence-corrected chi connectivity index (χ2v) is 5.57. The topological polar surface area (TPSA) is 24.9 Å². The first kappa shape index (κ1) is 16.2. The molecule has 0 aliphatic carbocycles. The van der Waals surface area contributed by atoms with E-state index in [0.29, 0.717) is 6.04 Å². The highest BCUT2D eigenvalue weighted by molar-refractivity contribution is 5.13. The average molecular weight is 262 g/mol. The van der Waals surface area contributed by atoms with Crippen molar-refractivity contribution in [2.24, 2.45) is 0 Å². The Morgan fingerprint density at radius 1 is 1.11 bits per heavy atom. The maximum Gasteiger partial charge on any atom is 0.0419 e. The molecule has 1 N–H and O–H groups in total. The SMILES string of the molecule is CCCCCCCCC(Cc1ccc(C)cn1)NC. The molecule has 1 atom stereocenters. The van der Waals surface area contributed by atoms with E-state index in [1.54, 1.807) is 0 Å². The predicted octanol–water partition coefficient (Wildman–Crippen LogP) is 4.27. The van der Waals surface area contributed by atoms with Crippen LogP contribution in [-0.4, -0.2) is 18.1 Å². The molecule has 1 rings (SSSR count). The fourth-order valence-electron chi connectivity index (χ4n) is 2.39. The summed E-state index contributed by atoms with van der Waals surface area (Å²) < 4.78 is 0. The molecule has 2 heteroatoms. The van der Waals surface area contributed by atoms with Gasteiger partial charge in [-0.25, -0.2) is 0 Å².